The molecule has 0 spiro atoms. The number of hydrogen-bond acceptors (Lipinski definition) is 5. The zero-order chi connectivity index (χ0) is 20.8. The molecule has 4 rings (SSSR count). The van der Waals surface area contributed by atoms with Crippen molar-refractivity contribution in [2.24, 2.45) is 10.9 Å². The monoisotopic (exact) mass is 543 g/mol. The van der Waals surface area contributed by atoms with Gasteiger partial charge in [-0.25, -0.2) is 0 Å². The summed E-state index contributed by atoms with van der Waals surface area (Å²) in [7, 11) is 1.87. The molecule has 3 heterocycles. The highest BCUT2D eigenvalue weighted by atomic mass is 127. The Kier molecular flexibility index (Phi) is 9.68. The summed E-state index contributed by atoms with van der Waals surface area (Å²) in [6.45, 7) is 10.5. The lowest BCUT2D eigenvalue weighted by molar-refractivity contribution is 0.00246. The molecule has 0 radical (unpaired) electrons. The van der Waals surface area contributed by atoms with Crippen LogP contribution in [0.4, 0.5) is 5.69 Å². The highest BCUT2D eigenvalue weighted by molar-refractivity contribution is 14.0. The van der Waals surface area contributed by atoms with Gasteiger partial charge in [-0.3, -0.25) is 9.89 Å². The SMILES string of the molecule is CN=C(NCC(C1CCOC1)N1CCOCC1)NC1CCN(c2ccc(C)cc2)C1.I. The molecule has 0 aliphatic carbocycles. The normalized spacial score (nSPS) is 25.9. The van der Waals surface area contributed by atoms with Crippen LogP contribution in [0.1, 0.15) is 18.4 Å². The number of aryl methyl sites for hydroxylation is 1. The first-order chi connectivity index (χ1) is 14.7. The summed E-state index contributed by atoms with van der Waals surface area (Å²) in [6.07, 6.45) is 2.27. The predicted molar refractivity (Wildman–Crippen MR) is 137 cm³/mol. The van der Waals surface area contributed by atoms with Gasteiger partial charge in [-0.1, -0.05) is 17.7 Å². The van der Waals surface area contributed by atoms with Crippen LogP contribution in [-0.4, -0.2) is 89.1 Å². The lowest BCUT2D eigenvalue weighted by Crippen LogP contribution is -2.54. The molecule has 8 heteroatoms. The summed E-state index contributed by atoms with van der Waals surface area (Å²) >= 11 is 0. The molecule has 0 bridgehead atoms. The van der Waals surface area contributed by atoms with E-state index in [2.05, 4.69) is 56.6 Å². The van der Waals surface area contributed by atoms with Crippen LogP contribution in [0.15, 0.2) is 29.3 Å². The second-order valence-electron chi connectivity index (χ2n) is 8.70. The topological polar surface area (TPSA) is 61.4 Å². The zero-order valence-electron chi connectivity index (χ0n) is 18.9. The van der Waals surface area contributed by atoms with E-state index in [1.807, 2.05) is 7.05 Å². The summed E-state index contributed by atoms with van der Waals surface area (Å²) in [4.78, 5) is 9.53. The van der Waals surface area contributed by atoms with Crippen LogP contribution in [0.25, 0.3) is 0 Å². The number of rotatable bonds is 6. The van der Waals surface area contributed by atoms with Crippen LogP contribution in [0.2, 0.25) is 0 Å². The summed E-state index contributed by atoms with van der Waals surface area (Å²) in [5.74, 6) is 1.49. The number of halogens is 1. The average Bonchev–Trinajstić information content (AvgIpc) is 3.47. The van der Waals surface area contributed by atoms with Crippen LogP contribution in [0, 0.1) is 12.8 Å². The number of benzene rings is 1. The van der Waals surface area contributed by atoms with Crippen molar-refractivity contribution in [3.8, 4) is 0 Å². The molecule has 0 amide bonds. The Hall–Kier alpha value is -1.10. The molecule has 3 atom stereocenters. The third-order valence-electron chi connectivity index (χ3n) is 6.65. The highest BCUT2D eigenvalue weighted by Crippen LogP contribution is 2.22. The van der Waals surface area contributed by atoms with E-state index >= 15 is 0 Å². The Morgan fingerprint density at radius 1 is 1.10 bits per heavy atom. The minimum Gasteiger partial charge on any atom is -0.381 e. The van der Waals surface area contributed by atoms with E-state index in [1.165, 1.54) is 11.3 Å². The number of aliphatic imine (C=N–C) groups is 1. The first-order valence-electron chi connectivity index (χ1n) is 11.4. The maximum absolute atomic E-state index is 5.69. The van der Waals surface area contributed by atoms with E-state index in [1.54, 1.807) is 0 Å². The molecule has 3 saturated heterocycles. The molecule has 7 nitrogen and oxygen atoms in total. The van der Waals surface area contributed by atoms with Gasteiger partial charge < -0.3 is 25.0 Å². The zero-order valence-corrected chi connectivity index (χ0v) is 21.2. The Bertz CT molecular complexity index is 690. The summed E-state index contributed by atoms with van der Waals surface area (Å²) < 4.78 is 11.3. The Morgan fingerprint density at radius 2 is 1.87 bits per heavy atom. The maximum atomic E-state index is 5.69. The quantitative estimate of drug-likeness (QED) is 0.326. The molecular weight excluding hydrogens is 505 g/mol. The number of nitrogens with one attached hydrogen (secondary N) is 2. The number of anilines is 1. The van der Waals surface area contributed by atoms with E-state index in [0.29, 0.717) is 18.0 Å². The van der Waals surface area contributed by atoms with Gasteiger partial charge in [0.1, 0.15) is 0 Å². The highest BCUT2D eigenvalue weighted by Gasteiger charge is 2.32. The van der Waals surface area contributed by atoms with Crippen LogP contribution < -0.4 is 15.5 Å². The van der Waals surface area contributed by atoms with Gasteiger partial charge in [0.2, 0.25) is 0 Å². The average molecular weight is 543 g/mol. The molecule has 2 N–H and O–H groups in total. The van der Waals surface area contributed by atoms with Crippen molar-refractivity contribution in [1.82, 2.24) is 15.5 Å². The molecule has 3 aliphatic heterocycles. The summed E-state index contributed by atoms with van der Waals surface area (Å²) in [5.41, 5.74) is 2.61. The fourth-order valence-electron chi connectivity index (χ4n) is 4.82. The molecule has 0 aromatic heterocycles. The first kappa shape index (κ1) is 24.5. The molecule has 1 aromatic rings. The molecular formula is C23H38IN5O2. The maximum Gasteiger partial charge on any atom is 0.191 e. The lowest BCUT2D eigenvalue weighted by Gasteiger charge is -2.37. The molecule has 1 aromatic carbocycles. The molecule has 174 valence electrons. The Labute approximate surface area is 204 Å². The van der Waals surface area contributed by atoms with Gasteiger partial charge in [0.15, 0.2) is 5.96 Å². The van der Waals surface area contributed by atoms with Gasteiger partial charge in [0.25, 0.3) is 0 Å². The third-order valence-corrected chi connectivity index (χ3v) is 6.65. The van der Waals surface area contributed by atoms with Crippen molar-refractivity contribution in [2.45, 2.75) is 31.8 Å². The van der Waals surface area contributed by atoms with Crippen LogP contribution >= 0.6 is 24.0 Å². The predicted octanol–water partition coefficient (Wildman–Crippen LogP) is 2.09. The van der Waals surface area contributed by atoms with Gasteiger partial charge >= 0.3 is 0 Å². The van der Waals surface area contributed by atoms with Crippen molar-refractivity contribution in [1.29, 1.82) is 0 Å². The van der Waals surface area contributed by atoms with Gasteiger partial charge in [-0.2, -0.15) is 0 Å². The fourth-order valence-corrected chi connectivity index (χ4v) is 4.82. The fraction of sp³-hybridized carbons (Fsp3) is 0.696. The minimum atomic E-state index is 0. The van der Waals surface area contributed by atoms with Crippen LogP contribution in [0.5, 0.6) is 0 Å². The van der Waals surface area contributed by atoms with Crippen molar-refractivity contribution >= 4 is 35.6 Å². The van der Waals surface area contributed by atoms with E-state index in [0.717, 1.165) is 78.0 Å². The van der Waals surface area contributed by atoms with E-state index in [4.69, 9.17) is 9.47 Å². The van der Waals surface area contributed by atoms with Gasteiger partial charge in [-0.15, -0.1) is 24.0 Å². The van der Waals surface area contributed by atoms with Gasteiger partial charge in [0.05, 0.1) is 19.8 Å². The van der Waals surface area contributed by atoms with Crippen molar-refractivity contribution in [2.75, 3.05) is 71.1 Å². The molecule has 0 saturated carbocycles. The van der Waals surface area contributed by atoms with Crippen molar-refractivity contribution < 1.29 is 9.47 Å². The molecule has 3 unspecified atom stereocenters. The number of hydrogen-bond donors (Lipinski definition) is 2. The Morgan fingerprint density at radius 3 is 2.55 bits per heavy atom. The molecule has 31 heavy (non-hydrogen) atoms. The standard InChI is InChI=1S/C23H37N5O2.HI/c1-18-3-5-21(6-4-18)28-9-7-20(16-28)26-23(24-2)25-15-22(19-8-12-30-17-19)27-10-13-29-14-11-27;/h3-6,19-20,22H,7-17H2,1-2H3,(H2,24,25,26);1H. The van der Waals surface area contributed by atoms with E-state index in [-0.39, 0.29) is 24.0 Å². The number of ether oxygens (including phenoxy) is 2. The minimum absolute atomic E-state index is 0. The summed E-state index contributed by atoms with van der Waals surface area (Å²) in [6, 6.07) is 9.70. The van der Waals surface area contributed by atoms with Gasteiger partial charge in [-0.05, 0) is 31.9 Å². The van der Waals surface area contributed by atoms with Crippen molar-refractivity contribution in [3.63, 3.8) is 0 Å². The molecule has 3 aliphatic rings. The lowest BCUT2D eigenvalue weighted by atomic mass is 9.97. The molecule has 3 fully saturated rings. The van der Waals surface area contributed by atoms with Crippen LogP contribution in [-0.2, 0) is 9.47 Å². The first-order valence-corrected chi connectivity index (χ1v) is 11.4. The summed E-state index contributed by atoms with van der Waals surface area (Å²) in [5, 5.41) is 7.26. The largest absolute Gasteiger partial charge is 0.381 e. The smallest absolute Gasteiger partial charge is 0.191 e. The van der Waals surface area contributed by atoms with E-state index in [9.17, 15) is 0 Å². The second-order valence-corrected chi connectivity index (χ2v) is 8.70. The van der Waals surface area contributed by atoms with Gasteiger partial charge in [0, 0.05) is 70.1 Å². The number of morpholine rings is 1. The third kappa shape index (κ3) is 6.69. The Balaban J connectivity index is 0.00000272. The van der Waals surface area contributed by atoms with E-state index < -0.39 is 0 Å². The number of nitrogens with zero attached hydrogens (tertiary/aromatic N) is 3. The number of guanidine groups is 1. The van der Waals surface area contributed by atoms with Crippen LogP contribution in [0.3, 0.4) is 0 Å². The van der Waals surface area contributed by atoms with Crippen molar-refractivity contribution in [3.05, 3.63) is 29.8 Å². The second kappa shape index (κ2) is 12.2.